The molecule has 2 atom stereocenters. The van der Waals surface area contributed by atoms with E-state index in [-0.39, 0.29) is 5.60 Å². The molecule has 0 amide bonds. The number of hydrazine groups is 1. The van der Waals surface area contributed by atoms with Gasteiger partial charge in [0.25, 0.3) is 0 Å². The predicted molar refractivity (Wildman–Crippen MR) is 66.2 cm³/mol. The number of hydrogen-bond acceptors (Lipinski definition) is 3. The average Bonchev–Trinajstić information content (AvgIpc) is 2.30. The molecule has 16 heavy (non-hydrogen) atoms. The van der Waals surface area contributed by atoms with Gasteiger partial charge in [-0.25, -0.2) is 5.01 Å². The summed E-state index contributed by atoms with van der Waals surface area (Å²) in [5.41, 5.74) is 3.80. The predicted octanol–water partition coefficient (Wildman–Crippen LogP) is 2.32. The Balaban J connectivity index is 1.80. The topological polar surface area (TPSA) is 24.5 Å². The Labute approximate surface area is 99.5 Å². The Morgan fingerprint density at radius 2 is 2.06 bits per heavy atom. The zero-order chi connectivity index (χ0) is 11.4. The molecule has 0 bridgehead atoms. The van der Waals surface area contributed by atoms with Crippen LogP contribution in [0.3, 0.4) is 0 Å². The van der Waals surface area contributed by atoms with Gasteiger partial charge in [0.1, 0.15) is 0 Å². The minimum absolute atomic E-state index is 0.103. The maximum absolute atomic E-state index is 5.88. The summed E-state index contributed by atoms with van der Waals surface area (Å²) < 4.78 is 5.88. The Morgan fingerprint density at radius 3 is 2.75 bits per heavy atom. The number of hydrogen-bond donors (Lipinski definition) is 1. The lowest BCUT2D eigenvalue weighted by atomic mass is 9.90. The second-order valence-corrected chi connectivity index (χ2v) is 5.52. The fourth-order valence-electron chi connectivity index (χ4n) is 2.77. The smallest absolute Gasteiger partial charge is 0.0667 e. The van der Waals surface area contributed by atoms with Gasteiger partial charge in [0.2, 0.25) is 0 Å². The second kappa shape index (κ2) is 5.48. The van der Waals surface area contributed by atoms with E-state index < -0.39 is 0 Å². The van der Waals surface area contributed by atoms with Crippen LogP contribution in [-0.4, -0.2) is 36.3 Å². The molecule has 2 unspecified atom stereocenters. The fourth-order valence-corrected chi connectivity index (χ4v) is 2.77. The Bertz CT molecular complexity index is 216. The highest BCUT2D eigenvalue weighted by atomic mass is 16.5. The van der Waals surface area contributed by atoms with Gasteiger partial charge in [-0.2, -0.15) is 0 Å². The van der Waals surface area contributed by atoms with Crippen LogP contribution in [0.2, 0.25) is 0 Å². The van der Waals surface area contributed by atoms with Gasteiger partial charge >= 0.3 is 0 Å². The molecule has 3 nitrogen and oxygen atoms in total. The molecule has 94 valence electrons. The standard InChI is InChI=1S/C13H26N2O/c1-3-13(2)11-12(7-10-16-13)14-15-8-5-4-6-9-15/h12,14H,3-11H2,1-2H3. The molecule has 2 fully saturated rings. The Kier molecular flexibility index (Phi) is 4.22. The molecule has 2 heterocycles. The lowest BCUT2D eigenvalue weighted by Crippen LogP contribution is -2.52. The van der Waals surface area contributed by atoms with Crippen molar-refractivity contribution in [2.45, 2.75) is 64.0 Å². The average molecular weight is 226 g/mol. The maximum atomic E-state index is 5.88. The van der Waals surface area contributed by atoms with Crippen molar-refractivity contribution in [3.63, 3.8) is 0 Å². The van der Waals surface area contributed by atoms with Gasteiger partial charge in [-0.1, -0.05) is 13.3 Å². The van der Waals surface area contributed by atoms with E-state index in [1.54, 1.807) is 0 Å². The summed E-state index contributed by atoms with van der Waals surface area (Å²) in [6, 6.07) is 0.622. The summed E-state index contributed by atoms with van der Waals surface area (Å²) in [7, 11) is 0. The van der Waals surface area contributed by atoms with Gasteiger partial charge in [0.15, 0.2) is 0 Å². The summed E-state index contributed by atoms with van der Waals surface area (Å²) >= 11 is 0. The molecule has 0 aliphatic carbocycles. The van der Waals surface area contributed by atoms with Crippen LogP contribution >= 0.6 is 0 Å². The molecule has 2 aliphatic rings. The van der Waals surface area contributed by atoms with E-state index in [0.717, 1.165) is 25.9 Å². The first-order valence-electron chi connectivity index (χ1n) is 6.87. The van der Waals surface area contributed by atoms with E-state index in [1.165, 1.54) is 32.4 Å². The van der Waals surface area contributed by atoms with Crippen LogP contribution in [0.5, 0.6) is 0 Å². The molecule has 2 saturated heterocycles. The maximum Gasteiger partial charge on any atom is 0.0667 e. The molecule has 2 aliphatic heterocycles. The number of piperidine rings is 1. The van der Waals surface area contributed by atoms with E-state index in [2.05, 4.69) is 24.3 Å². The summed E-state index contributed by atoms with van der Waals surface area (Å²) in [5, 5.41) is 2.43. The number of ether oxygens (including phenoxy) is 1. The molecule has 1 N–H and O–H groups in total. The van der Waals surface area contributed by atoms with E-state index in [9.17, 15) is 0 Å². The quantitative estimate of drug-likeness (QED) is 0.799. The molecule has 2 rings (SSSR count). The molecule has 3 heteroatoms. The van der Waals surface area contributed by atoms with Crippen LogP contribution in [0.4, 0.5) is 0 Å². The van der Waals surface area contributed by atoms with Crippen molar-refractivity contribution in [3.8, 4) is 0 Å². The largest absolute Gasteiger partial charge is 0.375 e. The van der Waals surface area contributed by atoms with Gasteiger partial charge in [0, 0.05) is 25.7 Å². The molecule has 0 aromatic rings. The Morgan fingerprint density at radius 1 is 1.31 bits per heavy atom. The van der Waals surface area contributed by atoms with Crippen LogP contribution in [0.15, 0.2) is 0 Å². The lowest BCUT2D eigenvalue weighted by molar-refractivity contribution is -0.0878. The molecular formula is C13H26N2O. The van der Waals surface area contributed by atoms with Gasteiger partial charge in [-0.15, -0.1) is 0 Å². The highest BCUT2D eigenvalue weighted by Crippen LogP contribution is 2.28. The van der Waals surface area contributed by atoms with Crippen molar-refractivity contribution in [2.24, 2.45) is 0 Å². The third-order valence-electron chi connectivity index (χ3n) is 4.06. The van der Waals surface area contributed by atoms with E-state index >= 15 is 0 Å². The van der Waals surface area contributed by atoms with Crippen molar-refractivity contribution < 1.29 is 4.74 Å². The zero-order valence-electron chi connectivity index (χ0n) is 10.8. The first-order valence-corrected chi connectivity index (χ1v) is 6.87. The summed E-state index contributed by atoms with van der Waals surface area (Å²) in [6.45, 7) is 7.83. The van der Waals surface area contributed by atoms with Crippen molar-refractivity contribution in [1.82, 2.24) is 10.4 Å². The highest BCUT2D eigenvalue weighted by molar-refractivity contribution is 4.85. The van der Waals surface area contributed by atoms with Gasteiger partial charge in [-0.3, -0.25) is 5.43 Å². The summed E-state index contributed by atoms with van der Waals surface area (Å²) in [6.07, 6.45) is 7.53. The minimum atomic E-state index is 0.103. The second-order valence-electron chi connectivity index (χ2n) is 5.52. The minimum Gasteiger partial charge on any atom is -0.375 e. The number of nitrogens with zero attached hydrogens (tertiary/aromatic N) is 1. The number of nitrogens with one attached hydrogen (secondary N) is 1. The van der Waals surface area contributed by atoms with Crippen molar-refractivity contribution in [2.75, 3.05) is 19.7 Å². The summed E-state index contributed by atoms with van der Waals surface area (Å²) in [5.74, 6) is 0. The van der Waals surface area contributed by atoms with Crippen LogP contribution in [0.1, 0.15) is 52.4 Å². The fraction of sp³-hybridized carbons (Fsp3) is 1.00. The molecule has 0 aromatic carbocycles. The molecule has 0 spiro atoms. The van der Waals surface area contributed by atoms with Crippen LogP contribution in [0, 0.1) is 0 Å². The molecule has 0 aromatic heterocycles. The first-order chi connectivity index (χ1) is 7.72. The van der Waals surface area contributed by atoms with E-state index in [1.807, 2.05) is 0 Å². The third kappa shape index (κ3) is 3.19. The monoisotopic (exact) mass is 226 g/mol. The van der Waals surface area contributed by atoms with Crippen molar-refractivity contribution in [1.29, 1.82) is 0 Å². The van der Waals surface area contributed by atoms with Crippen LogP contribution < -0.4 is 5.43 Å². The van der Waals surface area contributed by atoms with E-state index in [0.29, 0.717) is 6.04 Å². The molecular weight excluding hydrogens is 200 g/mol. The van der Waals surface area contributed by atoms with Crippen LogP contribution in [0.25, 0.3) is 0 Å². The highest BCUT2D eigenvalue weighted by Gasteiger charge is 2.32. The van der Waals surface area contributed by atoms with Crippen molar-refractivity contribution in [3.05, 3.63) is 0 Å². The third-order valence-corrected chi connectivity index (χ3v) is 4.06. The normalized spacial score (nSPS) is 37.5. The van der Waals surface area contributed by atoms with Gasteiger partial charge < -0.3 is 4.74 Å². The number of rotatable bonds is 3. The van der Waals surface area contributed by atoms with E-state index in [4.69, 9.17) is 4.74 Å². The summed E-state index contributed by atoms with van der Waals surface area (Å²) in [4.78, 5) is 0. The van der Waals surface area contributed by atoms with Gasteiger partial charge in [-0.05, 0) is 39.0 Å². The SMILES string of the molecule is CCC1(C)CC(NN2CCCCC2)CCO1. The van der Waals surface area contributed by atoms with Gasteiger partial charge in [0.05, 0.1) is 5.60 Å². The van der Waals surface area contributed by atoms with Crippen molar-refractivity contribution >= 4 is 0 Å². The first kappa shape index (κ1) is 12.3. The van der Waals surface area contributed by atoms with Crippen LogP contribution in [-0.2, 0) is 4.74 Å². The molecule has 0 radical (unpaired) electrons. The Hall–Kier alpha value is -0.120. The molecule has 0 saturated carbocycles. The lowest BCUT2D eigenvalue weighted by Gasteiger charge is -2.41. The zero-order valence-corrected chi connectivity index (χ0v) is 10.8.